The van der Waals surface area contributed by atoms with Crippen LogP contribution in [0.5, 0.6) is 0 Å². The lowest BCUT2D eigenvalue weighted by Crippen LogP contribution is -2.39. The maximum absolute atomic E-state index is 12.9. The van der Waals surface area contributed by atoms with Gasteiger partial charge in [0.05, 0.1) is 24.0 Å². The minimum absolute atomic E-state index is 0.372. The average molecular weight is 320 g/mol. The third-order valence-corrected chi connectivity index (χ3v) is 3.39. The van der Waals surface area contributed by atoms with Crippen LogP contribution >= 0.6 is 0 Å². The number of carbonyl (C=O) groups is 1. The number of urea groups is 1. The first-order valence-corrected chi connectivity index (χ1v) is 7.53. The summed E-state index contributed by atoms with van der Waals surface area (Å²) in [5.74, 6) is -0.372. The van der Waals surface area contributed by atoms with Crippen LogP contribution in [0.15, 0.2) is 36.7 Å². The third-order valence-electron chi connectivity index (χ3n) is 3.39. The fourth-order valence-corrected chi connectivity index (χ4v) is 2.18. The van der Waals surface area contributed by atoms with Gasteiger partial charge in [-0.05, 0) is 31.0 Å². The quantitative estimate of drug-likeness (QED) is 0.765. The van der Waals surface area contributed by atoms with Crippen molar-refractivity contribution in [2.75, 3.05) is 5.32 Å². The number of nitrogens with one attached hydrogen (secondary N) is 2. The van der Waals surface area contributed by atoms with E-state index in [-0.39, 0.29) is 5.82 Å². The second-order valence-electron chi connectivity index (χ2n) is 5.38. The number of aliphatic hydroxyl groups is 1. The van der Waals surface area contributed by atoms with Crippen molar-refractivity contribution in [3.63, 3.8) is 0 Å². The topological polar surface area (TPSA) is 79.2 Å². The van der Waals surface area contributed by atoms with Crippen molar-refractivity contribution >= 4 is 11.7 Å². The summed E-state index contributed by atoms with van der Waals surface area (Å²) in [6, 6.07) is 4.55. The smallest absolute Gasteiger partial charge is 0.319 e. The van der Waals surface area contributed by atoms with Crippen molar-refractivity contribution < 1.29 is 14.3 Å². The number of amides is 2. The van der Waals surface area contributed by atoms with E-state index in [2.05, 4.69) is 15.7 Å². The Morgan fingerprint density at radius 3 is 2.74 bits per heavy atom. The molecule has 0 aliphatic heterocycles. The highest BCUT2D eigenvalue weighted by atomic mass is 19.1. The zero-order valence-electron chi connectivity index (χ0n) is 13.2. The number of aliphatic hydroxyl groups excluding tert-OH is 1. The van der Waals surface area contributed by atoms with Crippen LogP contribution in [0.4, 0.5) is 14.9 Å². The Hall–Kier alpha value is -2.41. The lowest BCUT2D eigenvalue weighted by molar-refractivity contribution is 0.139. The Labute approximate surface area is 134 Å². The Bertz CT molecular complexity index is 642. The van der Waals surface area contributed by atoms with Crippen molar-refractivity contribution in [3.05, 3.63) is 48.0 Å². The van der Waals surface area contributed by atoms with Crippen molar-refractivity contribution in [2.24, 2.45) is 0 Å². The van der Waals surface area contributed by atoms with E-state index in [1.165, 1.54) is 24.3 Å². The van der Waals surface area contributed by atoms with E-state index in [1.54, 1.807) is 24.0 Å². The molecular formula is C16H21FN4O2. The molecule has 2 aromatic rings. The van der Waals surface area contributed by atoms with Gasteiger partial charge in [0.15, 0.2) is 0 Å². The fraction of sp³-hybridized carbons (Fsp3) is 0.375. The van der Waals surface area contributed by atoms with Crippen LogP contribution < -0.4 is 10.6 Å². The van der Waals surface area contributed by atoms with Crippen LogP contribution in [0, 0.1) is 5.82 Å². The predicted octanol–water partition coefficient (Wildman–Crippen LogP) is 2.68. The molecule has 0 aliphatic carbocycles. The molecule has 2 rings (SSSR count). The molecule has 0 radical (unpaired) electrons. The number of hydrogen-bond acceptors (Lipinski definition) is 3. The number of hydrogen-bond donors (Lipinski definition) is 3. The molecule has 23 heavy (non-hydrogen) atoms. The summed E-state index contributed by atoms with van der Waals surface area (Å²) in [6.45, 7) is 4.50. The summed E-state index contributed by atoms with van der Waals surface area (Å²) in [5, 5.41) is 19.6. The molecule has 0 fully saturated rings. The van der Waals surface area contributed by atoms with Gasteiger partial charge in [0.1, 0.15) is 5.82 Å². The van der Waals surface area contributed by atoms with Crippen LogP contribution in [0.2, 0.25) is 0 Å². The van der Waals surface area contributed by atoms with Crippen LogP contribution in [-0.4, -0.2) is 27.0 Å². The summed E-state index contributed by atoms with van der Waals surface area (Å²) in [6.07, 6.45) is 3.33. The molecule has 124 valence electrons. The molecule has 7 heteroatoms. The summed E-state index contributed by atoms with van der Waals surface area (Å²) in [7, 11) is 0. The van der Waals surface area contributed by atoms with Gasteiger partial charge in [0.2, 0.25) is 0 Å². The van der Waals surface area contributed by atoms with E-state index in [9.17, 15) is 14.3 Å². The molecule has 1 aromatic heterocycles. The standard InChI is InChI=1S/C16H21FN4O2/c1-3-8-21-10-14(9-18-21)20-16(23)19-11(2)15(22)12-4-6-13(17)7-5-12/h4-7,9-11,15,22H,3,8H2,1-2H3,(H2,19,20,23). The molecule has 3 N–H and O–H groups in total. The van der Waals surface area contributed by atoms with E-state index in [0.717, 1.165) is 13.0 Å². The van der Waals surface area contributed by atoms with Gasteiger partial charge in [-0.1, -0.05) is 19.1 Å². The highest BCUT2D eigenvalue weighted by molar-refractivity contribution is 5.89. The van der Waals surface area contributed by atoms with E-state index >= 15 is 0 Å². The lowest BCUT2D eigenvalue weighted by Gasteiger charge is -2.20. The van der Waals surface area contributed by atoms with Crippen LogP contribution in [0.3, 0.4) is 0 Å². The maximum atomic E-state index is 12.9. The van der Waals surface area contributed by atoms with E-state index in [1.807, 2.05) is 6.92 Å². The van der Waals surface area contributed by atoms with Crippen LogP contribution in [0.25, 0.3) is 0 Å². The van der Waals surface area contributed by atoms with Crippen LogP contribution in [-0.2, 0) is 6.54 Å². The van der Waals surface area contributed by atoms with Gasteiger partial charge in [-0.2, -0.15) is 5.10 Å². The maximum Gasteiger partial charge on any atom is 0.319 e. The number of rotatable bonds is 6. The van der Waals surface area contributed by atoms with E-state index in [4.69, 9.17) is 0 Å². The highest BCUT2D eigenvalue weighted by Crippen LogP contribution is 2.17. The average Bonchev–Trinajstić information content (AvgIpc) is 2.94. The van der Waals surface area contributed by atoms with Gasteiger partial charge in [-0.15, -0.1) is 0 Å². The SMILES string of the molecule is CCCn1cc(NC(=O)NC(C)C(O)c2ccc(F)cc2)cn1. The van der Waals surface area contributed by atoms with Gasteiger partial charge in [-0.3, -0.25) is 4.68 Å². The minimum Gasteiger partial charge on any atom is -0.386 e. The zero-order chi connectivity index (χ0) is 16.8. The zero-order valence-corrected chi connectivity index (χ0v) is 13.2. The van der Waals surface area contributed by atoms with Crippen molar-refractivity contribution in [1.82, 2.24) is 15.1 Å². The fourth-order valence-electron chi connectivity index (χ4n) is 2.18. The number of anilines is 1. The lowest BCUT2D eigenvalue weighted by atomic mass is 10.0. The van der Waals surface area contributed by atoms with E-state index in [0.29, 0.717) is 11.3 Å². The number of halogens is 1. The monoisotopic (exact) mass is 320 g/mol. The summed E-state index contributed by atoms with van der Waals surface area (Å²) < 4.78 is 14.6. The predicted molar refractivity (Wildman–Crippen MR) is 85.5 cm³/mol. The molecule has 0 aliphatic rings. The molecule has 0 saturated heterocycles. The summed E-state index contributed by atoms with van der Waals surface area (Å²) in [4.78, 5) is 11.9. The Kier molecular flexibility index (Phi) is 5.70. The molecule has 0 spiro atoms. The Morgan fingerprint density at radius 1 is 1.39 bits per heavy atom. The molecule has 2 amide bonds. The minimum atomic E-state index is -0.927. The first-order chi connectivity index (χ1) is 11.0. The second kappa shape index (κ2) is 7.73. The molecule has 6 nitrogen and oxygen atoms in total. The third kappa shape index (κ3) is 4.79. The van der Waals surface area contributed by atoms with Crippen LogP contribution in [0.1, 0.15) is 31.9 Å². The number of benzene rings is 1. The highest BCUT2D eigenvalue weighted by Gasteiger charge is 2.18. The summed E-state index contributed by atoms with van der Waals surface area (Å²) >= 11 is 0. The van der Waals surface area contributed by atoms with Crippen molar-refractivity contribution in [3.8, 4) is 0 Å². The van der Waals surface area contributed by atoms with E-state index < -0.39 is 18.2 Å². The van der Waals surface area contributed by atoms with Gasteiger partial charge in [-0.25, -0.2) is 9.18 Å². The second-order valence-corrected chi connectivity index (χ2v) is 5.38. The summed E-state index contributed by atoms with van der Waals surface area (Å²) in [5.41, 5.74) is 1.12. The van der Waals surface area contributed by atoms with Gasteiger partial charge >= 0.3 is 6.03 Å². The Morgan fingerprint density at radius 2 is 2.09 bits per heavy atom. The first-order valence-electron chi connectivity index (χ1n) is 7.53. The Balaban J connectivity index is 1.89. The molecule has 1 heterocycles. The molecule has 2 unspecified atom stereocenters. The first kappa shape index (κ1) is 17.0. The molecule has 0 bridgehead atoms. The normalized spacial score (nSPS) is 13.4. The van der Waals surface area contributed by atoms with Gasteiger partial charge in [0, 0.05) is 12.7 Å². The van der Waals surface area contributed by atoms with Crippen molar-refractivity contribution in [2.45, 2.75) is 39.0 Å². The molecule has 2 atom stereocenters. The van der Waals surface area contributed by atoms with Crippen molar-refractivity contribution in [1.29, 1.82) is 0 Å². The van der Waals surface area contributed by atoms with Gasteiger partial charge in [0.25, 0.3) is 0 Å². The molecule has 1 aromatic carbocycles. The largest absolute Gasteiger partial charge is 0.386 e. The molecule has 0 saturated carbocycles. The van der Waals surface area contributed by atoms with Gasteiger partial charge < -0.3 is 15.7 Å². The number of aryl methyl sites for hydroxylation is 1. The molecular weight excluding hydrogens is 299 g/mol. The number of carbonyl (C=O) groups excluding carboxylic acids is 1. The number of aromatic nitrogens is 2. The number of nitrogens with zero attached hydrogens (tertiary/aromatic N) is 2.